The molecule has 114 valence electrons. The zero-order valence-corrected chi connectivity index (χ0v) is 12.6. The average molecular weight is 285 g/mol. The first kappa shape index (κ1) is 17.1. The van der Waals surface area contributed by atoms with Crippen LogP contribution < -0.4 is 5.32 Å². The van der Waals surface area contributed by atoms with Crippen LogP contribution in [0.4, 0.5) is 8.78 Å². The highest BCUT2D eigenvalue weighted by molar-refractivity contribution is 5.22. The van der Waals surface area contributed by atoms with Crippen LogP contribution in [0.25, 0.3) is 0 Å². The third-order valence-corrected chi connectivity index (χ3v) is 3.24. The van der Waals surface area contributed by atoms with E-state index in [2.05, 4.69) is 19.2 Å². The molecule has 1 aromatic rings. The molecule has 2 atom stereocenters. The van der Waals surface area contributed by atoms with Crippen LogP contribution in [0.5, 0.6) is 0 Å². The summed E-state index contributed by atoms with van der Waals surface area (Å²) in [6, 6.07) is 3.97. The van der Waals surface area contributed by atoms with Crippen LogP contribution in [0.2, 0.25) is 0 Å². The highest BCUT2D eigenvalue weighted by Gasteiger charge is 2.23. The molecule has 0 saturated heterocycles. The van der Waals surface area contributed by atoms with Gasteiger partial charge < -0.3 is 10.1 Å². The molecular weight excluding hydrogens is 260 g/mol. The first-order valence-corrected chi connectivity index (χ1v) is 7.43. The van der Waals surface area contributed by atoms with Crippen molar-refractivity contribution in [2.45, 2.75) is 52.2 Å². The van der Waals surface area contributed by atoms with Crippen molar-refractivity contribution in [3.05, 3.63) is 35.4 Å². The van der Waals surface area contributed by atoms with Gasteiger partial charge in [0, 0.05) is 6.61 Å². The summed E-state index contributed by atoms with van der Waals surface area (Å²) in [7, 11) is 0. The fourth-order valence-electron chi connectivity index (χ4n) is 2.31. The van der Waals surface area contributed by atoms with Crippen LogP contribution in [0.1, 0.15) is 51.6 Å². The summed E-state index contributed by atoms with van der Waals surface area (Å²) in [6.45, 7) is 7.54. The molecule has 0 aliphatic carbocycles. The number of ether oxygens (including phenoxy) is 1. The van der Waals surface area contributed by atoms with E-state index in [0.717, 1.165) is 31.4 Å². The molecule has 1 N–H and O–H groups in total. The van der Waals surface area contributed by atoms with Crippen LogP contribution in [-0.4, -0.2) is 19.3 Å². The van der Waals surface area contributed by atoms with Crippen molar-refractivity contribution in [1.29, 1.82) is 0 Å². The Hall–Kier alpha value is -1.00. The third-order valence-electron chi connectivity index (χ3n) is 3.24. The lowest BCUT2D eigenvalue weighted by atomic mass is 9.97. The molecule has 0 aliphatic rings. The highest BCUT2D eigenvalue weighted by Crippen LogP contribution is 2.24. The van der Waals surface area contributed by atoms with E-state index in [1.165, 1.54) is 12.1 Å². The maximum atomic E-state index is 13.5. The summed E-state index contributed by atoms with van der Waals surface area (Å²) in [5.74, 6) is -1.62. The van der Waals surface area contributed by atoms with Crippen LogP contribution in [-0.2, 0) is 4.74 Å². The second kappa shape index (κ2) is 9.03. The largest absolute Gasteiger partial charge is 0.377 e. The molecule has 0 amide bonds. The molecule has 0 saturated carbocycles. The number of hydrogen-bond acceptors (Lipinski definition) is 2. The van der Waals surface area contributed by atoms with Gasteiger partial charge in [0.1, 0.15) is 0 Å². The quantitative estimate of drug-likeness (QED) is 0.734. The van der Waals surface area contributed by atoms with Gasteiger partial charge in [-0.05, 0) is 44.0 Å². The maximum absolute atomic E-state index is 13.5. The maximum Gasteiger partial charge on any atom is 0.159 e. The van der Waals surface area contributed by atoms with Crippen molar-refractivity contribution >= 4 is 0 Å². The minimum atomic E-state index is -0.813. The molecule has 0 spiro atoms. The van der Waals surface area contributed by atoms with E-state index < -0.39 is 11.6 Å². The lowest BCUT2D eigenvalue weighted by Gasteiger charge is -2.28. The van der Waals surface area contributed by atoms with Crippen LogP contribution >= 0.6 is 0 Å². The predicted octanol–water partition coefficient (Wildman–Crippen LogP) is 4.21. The minimum Gasteiger partial charge on any atom is -0.377 e. The molecule has 0 radical (unpaired) electrons. The van der Waals surface area contributed by atoms with Crippen LogP contribution in [0.15, 0.2) is 18.2 Å². The first-order chi connectivity index (χ1) is 9.63. The van der Waals surface area contributed by atoms with E-state index in [9.17, 15) is 8.78 Å². The Labute approximate surface area is 120 Å². The molecule has 20 heavy (non-hydrogen) atoms. The normalized spacial score (nSPS) is 14.2. The zero-order chi connectivity index (χ0) is 15.0. The van der Waals surface area contributed by atoms with Gasteiger partial charge in [0.05, 0.1) is 12.1 Å². The van der Waals surface area contributed by atoms with Crippen LogP contribution in [0.3, 0.4) is 0 Å². The van der Waals surface area contributed by atoms with E-state index in [1.807, 2.05) is 6.92 Å². The number of benzene rings is 1. The lowest BCUT2D eigenvalue weighted by Crippen LogP contribution is -2.34. The Kier molecular flexibility index (Phi) is 7.70. The molecular formula is C16H25F2NO. The second-order valence-corrected chi connectivity index (χ2v) is 4.89. The molecule has 1 rings (SSSR count). The van der Waals surface area contributed by atoms with Gasteiger partial charge in [-0.2, -0.15) is 0 Å². The van der Waals surface area contributed by atoms with Gasteiger partial charge in [0.25, 0.3) is 0 Å². The minimum absolute atomic E-state index is 0.0265. The molecule has 4 heteroatoms. The Balaban J connectivity index is 2.98. The predicted molar refractivity (Wildman–Crippen MR) is 77.7 cm³/mol. The van der Waals surface area contributed by atoms with E-state index in [-0.39, 0.29) is 12.1 Å². The molecule has 0 heterocycles. The van der Waals surface area contributed by atoms with Crippen molar-refractivity contribution in [1.82, 2.24) is 5.32 Å². The molecule has 2 unspecified atom stereocenters. The molecule has 0 fully saturated rings. The van der Waals surface area contributed by atoms with Gasteiger partial charge in [-0.3, -0.25) is 0 Å². The lowest BCUT2D eigenvalue weighted by molar-refractivity contribution is 0.0275. The number of hydrogen-bond donors (Lipinski definition) is 1. The monoisotopic (exact) mass is 285 g/mol. The molecule has 0 bridgehead atoms. The highest BCUT2D eigenvalue weighted by atomic mass is 19.2. The van der Waals surface area contributed by atoms with Crippen molar-refractivity contribution < 1.29 is 13.5 Å². The van der Waals surface area contributed by atoms with Gasteiger partial charge in [-0.1, -0.05) is 26.3 Å². The van der Waals surface area contributed by atoms with Crippen LogP contribution in [0, 0.1) is 11.6 Å². The van der Waals surface area contributed by atoms with E-state index >= 15 is 0 Å². The summed E-state index contributed by atoms with van der Waals surface area (Å²) in [5.41, 5.74) is 0.740. The number of rotatable bonds is 9. The first-order valence-electron chi connectivity index (χ1n) is 7.43. The molecule has 0 aliphatic heterocycles. The van der Waals surface area contributed by atoms with E-state index in [4.69, 9.17) is 4.74 Å². The van der Waals surface area contributed by atoms with Crippen molar-refractivity contribution in [3.8, 4) is 0 Å². The zero-order valence-electron chi connectivity index (χ0n) is 12.6. The topological polar surface area (TPSA) is 21.3 Å². The van der Waals surface area contributed by atoms with Crippen molar-refractivity contribution in [3.63, 3.8) is 0 Å². The summed E-state index contributed by atoms with van der Waals surface area (Å²) < 4.78 is 32.3. The summed E-state index contributed by atoms with van der Waals surface area (Å²) in [5, 5.41) is 3.39. The van der Waals surface area contributed by atoms with E-state index in [0.29, 0.717) is 6.61 Å². The number of halogens is 2. The third kappa shape index (κ3) is 4.84. The average Bonchev–Trinajstić information content (AvgIpc) is 2.43. The Morgan fingerprint density at radius 3 is 2.40 bits per heavy atom. The summed E-state index contributed by atoms with van der Waals surface area (Å²) in [4.78, 5) is 0. The van der Waals surface area contributed by atoms with Gasteiger partial charge in [0.2, 0.25) is 0 Å². The van der Waals surface area contributed by atoms with Crippen molar-refractivity contribution in [2.75, 3.05) is 13.2 Å². The van der Waals surface area contributed by atoms with Gasteiger partial charge in [-0.25, -0.2) is 8.78 Å². The fourth-order valence-corrected chi connectivity index (χ4v) is 2.31. The summed E-state index contributed by atoms with van der Waals surface area (Å²) >= 11 is 0. The Morgan fingerprint density at radius 2 is 1.85 bits per heavy atom. The van der Waals surface area contributed by atoms with Crippen molar-refractivity contribution in [2.24, 2.45) is 0 Å². The van der Waals surface area contributed by atoms with Gasteiger partial charge in [-0.15, -0.1) is 0 Å². The smallest absolute Gasteiger partial charge is 0.159 e. The van der Waals surface area contributed by atoms with E-state index in [1.54, 1.807) is 6.07 Å². The molecule has 0 aromatic heterocycles. The standard InChI is InChI=1S/C16H25F2NO/c1-4-7-15(20-6-3)16(19-10-5-2)12-8-9-13(17)14(18)11-12/h8-9,11,15-16,19H,4-7,10H2,1-3H3. The van der Waals surface area contributed by atoms with Gasteiger partial charge in [0.15, 0.2) is 11.6 Å². The molecule has 2 nitrogen and oxygen atoms in total. The second-order valence-electron chi connectivity index (χ2n) is 4.89. The summed E-state index contributed by atoms with van der Waals surface area (Å²) in [6.07, 6.45) is 2.82. The Morgan fingerprint density at radius 1 is 1.10 bits per heavy atom. The SMILES string of the molecule is CCCNC(c1ccc(F)c(F)c1)C(CCC)OCC. The molecule has 1 aromatic carbocycles. The Bertz CT molecular complexity index is 392. The van der Waals surface area contributed by atoms with Gasteiger partial charge >= 0.3 is 0 Å². The number of nitrogens with one attached hydrogen (secondary N) is 1. The fraction of sp³-hybridized carbons (Fsp3) is 0.625.